The Bertz CT molecular complexity index is 464. The summed E-state index contributed by atoms with van der Waals surface area (Å²) in [4.78, 5) is 12.0. The fourth-order valence-electron chi connectivity index (χ4n) is 2.43. The Balaban J connectivity index is 2.46. The van der Waals surface area contributed by atoms with Gasteiger partial charge in [0, 0.05) is 5.02 Å². The third-order valence-electron chi connectivity index (χ3n) is 3.97. The molecule has 0 amide bonds. The lowest BCUT2D eigenvalue weighted by Gasteiger charge is -2.51. The van der Waals surface area contributed by atoms with Gasteiger partial charge in [-0.05, 0) is 31.5 Å². The predicted octanol–water partition coefficient (Wildman–Crippen LogP) is 2.81. The zero-order valence-corrected chi connectivity index (χ0v) is 11.6. The molecule has 0 aromatic heterocycles. The zero-order chi connectivity index (χ0) is 13.4. The van der Waals surface area contributed by atoms with E-state index in [1.54, 1.807) is 0 Å². The number of hydrogen-bond acceptors (Lipinski definition) is 3. The number of methoxy groups -OCH3 is 1. The van der Waals surface area contributed by atoms with Crippen molar-refractivity contribution in [3.05, 3.63) is 34.9 Å². The number of carbonyl (C=O) groups is 1. The second-order valence-corrected chi connectivity index (χ2v) is 5.64. The standard InChI is InChI=1S/C14H17ClO3/c1-13(2,12(16)17-3)14(8-18-9-14)10-5-4-6-11(15)7-10/h4-7H,8-9H2,1-3H3. The number of benzene rings is 1. The number of esters is 1. The van der Waals surface area contributed by atoms with Crippen LogP contribution in [-0.4, -0.2) is 26.3 Å². The Hall–Kier alpha value is -1.06. The minimum atomic E-state index is -0.648. The Morgan fingerprint density at radius 1 is 1.44 bits per heavy atom. The van der Waals surface area contributed by atoms with Crippen LogP contribution in [-0.2, 0) is 19.7 Å². The first kappa shape index (κ1) is 13.4. The average Bonchev–Trinajstić information content (AvgIpc) is 2.26. The van der Waals surface area contributed by atoms with E-state index in [0.29, 0.717) is 18.2 Å². The van der Waals surface area contributed by atoms with Crippen LogP contribution in [0.4, 0.5) is 0 Å². The van der Waals surface area contributed by atoms with Gasteiger partial charge in [0.05, 0.1) is 31.2 Å². The maximum atomic E-state index is 12.0. The number of halogens is 1. The Morgan fingerprint density at radius 2 is 2.11 bits per heavy atom. The van der Waals surface area contributed by atoms with E-state index >= 15 is 0 Å². The molecule has 0 spiro atoms. The average molecular weight is 269 g/mol. The van der Waals surface area contributed by atoms with Crippen molar-refractivity contribution >= 4 is 17.6 Å². The van der Waals surface area contributed by atoms with Gasteiger partial charge in [-0.25, -0.2) is 0 Å². The lowest BCUT2D eigenvalue weighted by atomic mass is 9.60. The highest BCUT2D eigenvalue weighted by Gasteiger charge is 2.56. The van der Waals surface area contributed by atoms with E-state index in [1.165, 1.54) is 7.11 Å². The minimum Gasteiger partial charge on any atom is -0.469 e. The van der Waals surface area contributed by atoms with E-state index in [4.69, 9.17) is 21.1 Å². The molecule has 0 radical (unpaired) electrons. The van der Waals surface area contributed by atoms with Gasteiger partial charge in [0.1, 0.15) is 0 Å². The van der Waals surface area contributed by atoms with Gasteiger partial charge in [-0.2, -0.15) is 0 Å². The molecule has 0 saturated carbocycles. The second-order valence-electron chi connectivity index (χ2n) is 5.20. The van der Waals surface area contributed by atoms with Crippen molar-refractivity contribution < 1.29 is 14.3 Å². The number of rotatable bonds is 3. The SMILES string of the molecule is COC(=O)C(C)(C)C1(c2cccc(Cl)c2)COC1. The molecule has 1 aliphatic heterocycles. The largest absolute Gasteiger partial charge is 0.469 e. The molecule has 0 atom stereocenters. The van der Waals surface area contributed by atoms with Gasteiger partial charge >= 0.3 is 5.97 Å². The van der Waals surface area contributed by atoms with E-state index in [9.17, 15) is 4.79 Å². The molecule has 1 heterocycles. The van der Waals surface area contributed by atoms with Gasteiger partial charge in [-0.1, -0.05) is 23.7 Å². The van der Waals surface area contributed by atoms with Gasteiger partial charge in [-0.3, -0.25) is 4.79 Å². The van der Waals surface area contributed by atoms with Crippen LogP contribution in [0.3, 0.4) is 0 Å². The summed E-state index contributed by atoms with van der Waals surface area (Å²) in [6.07, 6.45) is 0. The predicted molar refractivity (Wildman–Crippen MR) is 69.7 cm³/mol. The highest BCUT2D eigenvalue weighted by Crippen LogP contribution is 2.48. The van der Waals surface area contributed by atoms with E-state index in [2.05, 4.69) is 0 Å². The van der Waals surface area contributed by atoms with Crippen LogP contribution in [0.1, 0.15) is 19.4 Å². The van der Waals surface area contributed by atoms with Crippen LogP contribution in [0, 0.1) is 5.41 Å². The molecule has 2 rings (SSSR count). The number of hydrogen-bond donors (Lipinski definition) is 0. The molecule has 0 N–H and O–H groups in total. The second kappa shape index (κ2) is 4.56. The summed E-state index contributed by atoms with van der Waals surface area (Å²) in [7, 11) is 1.41. The summed E-state index contributed by atoms with van der Waals surface area (Å²) in [6, 6.07) is 7.60. The molecule has 18 heavy (non-hydrogen) atoms. The van der Waals surface area contributed by atoms with Gasteiger partial charge in [0.2, 0.25) is 0 Å². The van der Waals surface area contributed by atoms with Crippen LogP contribution in [0.25, 0.3) is 0 Å². The Labute approximate surface area is 112 Å². The third-order valence-corrected chi connectivity index (χ3v) is 4.20. The molecule has 1 aromatic carbocycles. The van der Waals surface area contributed by atoms with Gasteiger partial charge in [0.15, 0.2) is 0 Å². The van der Waals surface area contributed by atoms with Crippen molar-refractivity contribution in [2.24, 2.45) is 5.41 Å². The van der Waals surface area contributed by atoms with Crippen molar-refractivity contribution in [3.63, 3.8) is 0 Å². The highest BCUT2D eigenvalue weighted by atomic mass is 35.5. The molecular weight excluding hydrogens is 252 g/mol. The van der Waals surface area contributed by atoms with Crippen molar-refractivity contribution in [2.75, 3.05) is 20.3 Å². The summed E-state index contributed by atoms with van der Waals surface area (Å²) < 4.78 is 10.3. The summed E-state index contributed by atoms with van der Waals surface area (Å²) in [6.45, 7) is 4.80. The number of carbonyl (C=O) groups excluding carboxylic acids is 1. The van der Waals surface area contributed by atoms with Gasteiger partial charge in [0.25, 0.3) is 0 Å². The molecular formula is C14H17ClO3. The van der Waals surface area contributed by atoms with E-state index < -0.39 is 5.41 Å². The summed E-state index contributed by atoms with van der Waals surface area (Å²) in [5.41, 5.74) is 0.0204. The fourth-order valence-corrected chi connectivity index (χ4v) is 2.62. The van der Waals surface area contributed by atoms with Gasteiger partial charge in [-0.15, -0.1) is 0 Å². The topological polar surface area (TPSA) is 35.5 Å². The van der Waals surface area contributed by atoms with Gasteiger partial charge < -0.3 is 9.47 Å². The first-order chi connectivity index (χ1) is 8.44. The fraction of sp³-hybridized carbons (Fsp3) is 0.500. The minimum absolute atomic E-state index is 0.231. The van der Waals surface area contributed by atoms with E-state index in [-0.39, 0.29) is 11.4 Å². The van der Waals surface area contributed by atoms with Crippen LogP contribution in [0.5, 0.6) is 0 Å². The molecule has 0 aliphatic carbocycles. The monoisotopic (exact) mass is 268 g/mol. The molecule has 4 heteroatoms. The van der Waals surface area contributed by atoms with Crippen LogP contribution < -0.4 is 0 Å². The maximum absolute atomic E-state index is 12.0. The molecule has 98 valence electrons. The lowest BCUT2D eigenvalue weighted by molar-refractivity contribution is -0.174. The van der Waals surface area contributed by atoms with Crippen LogP contribution in [0.2, 0.25) is 5.02 Å². The molecule has 1 aromatic rings. The molecule has 3 nitrogen and oxygen atoms in total. The van der Waals surface area contributed by atoms with E-state index in [0.717, 1.165) is 5.56 Å². The van der Waals surface area contributed by atoms with Crippen molar-refractivity contribution in [3.8, 4) is 0 Å². The Morgan fingerprint density at radius 3 is 2.56 bits per heavy atom. The van der Waals surface area contributed by atoms with Crippen molar-refractivity contribution in [2.45, 2.75) is 19.3 Å². The number of ether oxygens (including phenoxy) is 2. The first-order valence-corrected chi connectivity index (χ1v) is 6.24. The van der Waals surface area contributed by atoms with Crippen LogP contribution >= 0.6 is 11.6 Å². The van der Waals surface area contributed by atoms with Crippen molar-refractivity contribution in [1.82, 2.24) is 0 Å². The summed E-state index contributed by atoms with van der Waals surface area (Å²) >= 11 is 6.04. The molecule has 0 unspecified atom stereocenters. The third kappa shape index (κ3) is 1.82. The van der Waals surface area contributed by atoms with Crippen LogP contribution in [0.15, 0.2) is 24.3 Å². The van der Waals surface area contributed by atoms with Crippen molar-refractivity contribution in [1.29, 1.82) is 0 Å². The summed E-state index contributed by atoms with van der Waals surface area (Å²) in [5, 5.41) is 0.666. The highest BCUT2D eigenvalue weighted by molar-refractivity contribution is 6.30. The quantitative estimate of drug-likeness (QED) is 0.791. The first-order valence-electron chi connectivity index (χ1n) is 5.86. The summed E-state index contributed by atoms with van der Waals surface area (Å²) in [5.74, 6) is -0.231. The maximum Gasteiger partial charge on any atom is 0.312 e. The Kier molecular flexibility index (Phi) is 3.39. The zero-order valence-electron chi connectivity index (χ0n) is 10.8. The normalized spacial score (nSPS) is 18.0. The van der Waals surface area contributed by atoms with E-state index in [1.807, 2.05) is 38.1 Å². The lowest BCUT2D eigenvalue weighted by Crippen LogP contribution is -2.60. The molecule has 1 aliphatic rings. The molecule has 0 bridgehead atoms. The molecule has 1 fully saturated rings. The smallest absolute Gasteiger partial charge is 0.312 e. The molecule has 1 saturated heterocycles.